The van der Waals surface area contributed by atoms with Crippen molar-refractivity contribution in [2.24, 2.45) is 0 Å². The molecule has 1 heterocycles. The van der Waals surface area contributed by atoms with Crippen LogP contribution in [0.15, 0.2) is 6.07 Å². The summed E-state index contributed by atoms with van der Waals surface area (Å²) >= 11 is 0. The first-order valence-corrected chi connectivity index (χ1v) is 4.52. The fourth-order valence-electron chi connectivity index (χ4n) is 1.24. The van der Waals surface area contributed by atoms with E-state index in [-0.39, 0.29) is 0 Å². The molecule has 0 spiro atoms. The molecule has 1 aromatic rings. The molecule has 18 heavy (non-hydrogen) atoms. The molecule has 0 N–H and O–H groups in total. The van der Waals surface area contributed by atoms with Gasteiger partial charge in [0.1, 0.15) is 5.75 Å². The summed E-state index contributed by atoms with van der Waals surface area (Å²) < 4.78 is 34.3. The van der Waals surface area contributed by atoms with Crippen LogP contribution in [-0.2, 0) is 4.74 Å². The number of hydrogen-bond donors (Lipinski definition) is 0. The van der Waals surface area contributed by atoms with Crippen LogP contribution in [0.1, 0.15) is 22.5 Å². The highest BCUT2D eigenvalue weighted by Crippen LogP contribution is 2.36. The first-order chi connectivity index (χ1) is 8.42. The summed E-state index contributed by atoms with van der Waals surface area (Å²) in [6.45, 7) is 0. The van der Waals surface area contributed by atoms with Gasteiger partial charge in [0.25, 0.3) is 12.1 Å². The van der Waals surface area contributed by atoms with Crippen molar-refractivity contribution in [2.75, 3.05) is 14.2 Å². The van der Waals surface area contributed by atoms with Gasteiger partial charge in [-0.05, 0) is 9.91 Å². The second-order valence-electron chi connectivity index (χ2n) is 3.00. The molecule has 0 aliphatic rings. The number of pyridine rings is 1. The number of carbonyl (C=O) groups excluding carboxylic acids is 1. The maximum Gasteiger partial charge on any atom is 0.382 e. The third kappa shape index (κ3) is 2.50. The van der Waals surface area contributed by atoms with Crippen LogP contribution in [0.5, 0.6) is 5.75 Å². The number of aromatic nitrogens is 1. The lowest BCUT2D eigenvalue weighted by Gasteiger charge is -2.08. The Hall–Kier alpha value is -2.32. The molecule has 98 valence electrons. The van der Waals surface area contributed by atoms with Crippen molar-refractivity contribution in [2.45, 2.75) is 6.43 Å². The molecule has 0 saturated heterocycles. The Morgan fingerprint density at radius 2 is 2.11 bits per heavy atom. The van der Waals surface area contributed by atoms with Crippen LogP contribution < -0.4 is 4.74 Å². The van der Waals surface area contributed by atoms with Crippen LogP contribution in [0.2, 0.25) is 0 Å². The largest absolute Gasteiger partial charge is 0.496 e. The lowest BCUT2D eigenvalue weighted by atomic mass is 10.2. The predicted molar refractivity (Wildman–Crippen MR) is 53.7 cm³/mol. The Morgan fingerprint density at radius 3 is 2.50 bits per heavy atom. The Balaban J connectivity index is 3.53. The van der Waals surface area contributed by atoms with Crippen molar-refractivity contribution in [1.29, 1.82) is 0 Å². The molecular formula is C9H8F2N2O5. The van der Waals surface area contributed by atoms with Gasteiger partial charge in [-0.3, -0.25) is 0 Å². The molecule has 9 heteroatoms. The summed E-state index contributed by atoms with van der Waals surface area (Å²) in [5.41, 5.74) is -1.46. The highest BCUT2D eigenvalue weighted by molar-refractivity contribution is 5.88. The zero-order valence-electron chi connectivity index (χ0n) is 9.35. The van der Waals surface area contributed by atoms with Gasteiger partial charge in [-0.1, -0.05) is 0 Å². The Bertz CT molecular complexity index is 492. The summed E-state index contributed by atoms with van der Waals surface area (Å²) in [5, 5.41) is 10.7. The minimum atomic E-state index is -3.15. The van der Waals surface area contributed by atoms with Gasteiger partial charge in [0, 0.05) is 6.07 Å². The maximum absolute atomic E-state index is 12.7. The van der Waals surface area contributed by atoms with E-state index in [0.717, 1.165) is 20.3 Å². The molecule has 0 aliphatic heterocycles. The molecule has 1 rings (SSSR count). The summed E-state index contributed by atoms with van der Waals surface area (Å²) in [7, 11) is 2.08. The summed E-state index contributed by atoms with van der Waals surface area (Å²) in [5.74, 6) is -2.62. The second-order valence-corrected chi connectivity index (χ2v) is 3.00. The van der Waals surface area contributed by atoms with Crippen molar-refractivity contribution < 1.29 is 28.0 Å². The van der Waals surface area contributed by atoms with Crippen molar-refractivity contribution in [3.63, 3.8) is 0 Å². The van der Waals surface area contributed by atoms with Gasteiger partial charge < -0.3 is 19.6 Å². The van der Waals surface area contributed by atoms with E-state index in [0.29, 0.717) is 0 Å². The molecule has 0 unspecified atom stereocenters. The average molecular weight is 262 g/mol. The van der Waals surface area contributed by atoms with Crippen molar-refractivity contribution in [3.8, 4) is 5.75 Å². The number of nitro groups is 1. The zero-order chi connectivity index (χ0) is 13.9. The van der Waals surface area contributed by atoms with Gasteiger partial charge in [-0.2, -0.15) is 0 Å². The smallest absolute Gasteiger partial charge is 0.382 e. The predicted octanol–water partition coefficient (Wildman–Crippen LogP) is 1.72. The molecule has 0 aromatic carbocycles. The Labute approximate surface area is 99.5 Å². The number of nitrogens with zero attached hydrogens (tertiary/aromatic N) is 2. The number of carbonyl (C=O) groups is 1. The molecular weight excluding hydrogens is 254 g/mol. The monoisotopic (exact) mass is 262 g/mol. The molecule has 0 fully saturated rings. The van der Waals surface area contributed by atoms with Crippen LogP contribution in [-0.4, -0.2) is 30.1 Å². The van der Waals surface area contributed by atoms with E-state index in [4.69, 9.17) is 0 Å². The number of esters is 1. The SMILES string of the molecule is COC(=O)c1cc(OC)c(C(F)F)c([N+](=O)[O-])n1. The molecule has 0 saturated carbocycles. The lowest BCUT2D eigenvalue weighted by Crippen LogP contribution is -2.10. The quantitative estimate of drug-likeness (QED) is 0.466. The van der Waals surface area contributed by atoms with Gasteiger partial charge in [-0.25, -0.2) is 13.6 Å². The number of rotatable bonds is 4. The Kier molecular flexibility index (Phi) is 4.08. The lowest BCUT2D eigenvalue weighted by molar-refractivity contribution is -0.391. The van der Waals surface area contributed by atoms with E-state index in [1.807, 2.05) is 0 Å². The standard InChI is InChI=1S/C9H8F2N2O5/c1-17-5-3-4(9(14)18-2)12-8(13(15)16)6(5)7(10)11/h3,7H,1-2H3. The molecule has 1 aromatic heterocycles. The third-order valence-electron chi connectivity index (χ3n) is 2.01. The van der Waals surface area contributed by atoms with E-state index in [9.17, 15) is 23.7 Å². The van der Waals surface area contributed by atoms with E-state index < -0.39 is 40.1 Å². The van der Waals surface area contributed by atoms with Crippen LogP contribution in [0, 0.1) is 10.1 Å². The Morgan fingerprint density at radius 1 is 1.50 bits per heavy atom. The summed E-state index contributed by atoms with van der Waals surface area (Å²) in [6.07, 6.45) is -3.15. The first kappa shape index (κ1) is 13.7. The highest BCUT2D eigenvalue weighted by Gasteiger charge is 2.32. The van der Waals surface area contributed by atoms with Crippen LogP contribution in [0.25, 0.3) is 0 Å². The molecule has 7 nitrogen and oxygen atoms in total. The van der Waals surface area contributed by atoms with E-state index in [2.05, 4.69) is 14.5 Å². The zero-order valence-corrected chi connectivity index (χ0v) is 9.35. The summed E-state index contributed by atoms with van der Waals surface area (Å²) in [6, 6.07) is 0.861. The number of alkyl halides is 2. The molecule has 0 bridgehead atoms. The van der Waals surface area contributed by atoms with Crippen molar-refractivity contribution >= 4 is 11.8 Å². The van der Waals surface area contributed by atoms with Crippen LogP contribution >= 0.6 is 0 Å². The molecule has 0 atom stereocenters. The molecule has 0 amide bonds. The van der Waals surface area contributed by atoms with Crippen molar-refractivity contribution in [3.05, 3.63) is 27.4 Å². The van der Waals surface area contributed by atoms with Gasteiger partial charge in [0.15, 0.2) is 5.56 Å². The minimum absolute atomic E-state index is 0.481. The number of ether oxygens (including phenoxy) is 2. The van der Waals surface area contributed by atoms with Gasteiger partial charge in [-0.15, -0.1) is 0 Å². The first-order valence-electron chi connectivity index (χ1n) is 4.52. The summed E-state index contributed by atoms with van der Waals surface area (Å²) in [4.78, 5) is 24.0. The fraction of sp³-hybridized carbons (Fsp3) is 0.333. The van der Waals surface area contributed by atoms with Crippen molar-refractivity contribution in [1.82, 2.24) is 4.98 Å². The highest BCUT2D eigenvalue weighted by atomic mass is 19.3. The molecule has 0 radical (unpaired) electrons. The van der Waals surface area contributed by atoms with E-state index in [1.165, 1.54) is 0 Å². The average Bonchev–Trinajstić information content (AvgIpc) is 2.35. The van der Waals surface area contributed by atoms with Crippen LogP contribution in [0.4, 0.5) is 14.6 Å². The number of hydrogen-bond acceptors (Lipinski definition) is 6. The topological polar surface area (TPSA) is 91.6 Å². The fourth-order valence-corrected chi connectivity index (χ4v) is 1.24. The van der Waals surface area contributed by atoms with Gasteiger partial charge in [0.2, 0.25) is 0 Å². The van der Waals surface area contributed by atoms with E-state index in [1.54, 1.807) is 0 Å². The molecule has 0 aliphatic carbocycles. The van der Waals surface area contributed by atoms with Crippen LogP contribution in [0.3, 0.4) is 0 Å². The number of halogens is 2. The van der Waals surface area contributed by atoms with Gasteiger partial charge >= 0.3 is 11.8 Å². The number of methoxy groups -OCH3 is 2. The minimum Gasteiger partial charge on any atom is -0.496 e. The second kappa shape index (κ2) is 5.34. The maximum atomic E-state index is 12.7. The van der Waals surface area contributed by atoms with Gasteiger partial charge in [0.05, 0.1) is 14.2 Å². The van der Waals surface area contributed by atoms with E-state index >= 15 is 0 Å². The third-order valence-corrected chi connectivity index (χ3v) is 2.01. The normalized spacial score (nSPS) is 10.3.